The Hall–Kier alpha value is -3.61. The van der Waals surface area contributed by atoms with Gasteiger partial charge in [-0.15, -0.1) is 0 Å². The fourth-order valence-electron chi connectivity index (χ4n) is 2.45. The Morgan fingerprint density at radius 1 is 0.966 bits per heavy atom. The summed E-state index contributed by atoms with van der Waals surface area (Å²) in [6, 6.07) is 13.8. The predicted molar refractivity (Wildman–Crippen MR) is 110 cm³/mol. The Morgan fingerprint density at radius 2 is 1.69 bits per heavy atom. The Labute approximate surface area is 169 Å². The summed E-state index contributed by atoms with van der Waals surface area (Å²) in [7, 11) is 1.59. The standard InChI is InChI=1S/C22H24N2O5/c1-16(25)29-20-9-4-7-18(15-20)22(27)24-13-5-12-23-21(26)11-10-17-6-3-8-19(14-17)28-2/h3-4,6-11,14-15H,5,12-13H2,1-2H3,(H,23,26)(H,24,27)/b11-10+. The van der Waals surface area contributed by atoms with E-state index in [4.69, 9.17) is 9.47 Å². The number of hydrogen-bond donors (Lipinski definition) is 2. The van der Waals surface area contributed by atoms with Crippen molar-refractivity contribution in [1.29, 1.82) is 0 Å². The molecule has 0 aromatic heterocycles. The number of methoxy groups -OCH3 is 1. The van der Waals surface area contributed by atoms with Crippen molar-refractivity contribution < 1.29 is 23.9 Å². The van der Waals surface area contributed by atoms with Gasteiger partial charge < -0.3 is 20.1 Å². The minimum atomic E-state index is -0.446. The number of rotatable bonds is 9. The second-order valence-corrected chi connectivity index (χ2v) is 6.13. The van der Waals surface area contributed by atoms with Crippen molar-refractivity contribution in [3.63, 3.8) is 0 Å². The van der Waals surface area contributed by atoms with Gasteiger partial charge in [-0.2, -0.15) is 0 Å². The molecule has 2 aromatic rings. The predicted octanol–water partition coefficient (Wildman–Crippen LogP) is 2.57. The Balaban J connectivity index is 1.69. The van der Waals surface area contributed by atoms with E-state index >= 15 is 0 Å². The summed E-state index contributed by atoms with van der Waals surface area (Å²) >= 11 is 0. The van der Waals surface area contributed by atoms with Gasteiger partial charge in [0.1, 0.15) is 11.5 Å². The highest BCUT2D eigenvalue weighted by atomic mass is 16.5. The zero-order chi connectivity index (χ0) is 21.1. The summed E-state index contributed by atoms with van der Waals surface area (Å²) in [4.78, 5) is 35.0. The molecular weight excluding hydrogens is 372 g/mol. The molecule has 0 aliphatic carbocycles. The van der Waals surface area contributed by atoms with E-state index < -0.39 is 5.97 Å². The van der Waals surface area contributed by atoms with Crippen LogP contribution in [0.4, 0.5) is 0 Å². The van der Waals surface area contributed by atoms with Gasteiger partial charge in [0.15, 0.2) is 0 Å². The molecule has 0 bridgehead atoms. The summed E-state index contributed by atoms with van der Waals surface area (Å²) in [5.74, 6) is 0.108. The summed E-state index contributed by atoms with van der Waals surface area (Å²) in [6.45, 7) is 2.12. The zero-order valence-electron chi connectivity index (χ0n) is 16.4. The number of amides is 2. The molecule has 0 atom stereocenters. The van der Waals surface area contributed by atoms with Crippen LogP contribution in [-0.2, 0) is 9.59 Å². The second-order valence-electron chi connectivity index (χ2n) is 6.13. The summed E-state index contributed by atoms with van der Waals surface area (Å²) in [5.41, 5.74) is 1.26. The highest BCUT2D eigenvalue weighted by Crippen LogP contribution is 2.14. The Kier molecular flexibility index (Phi) is 8.44. The molecule has 7 nitrogen and oxygen atoms in total. The largest absolute Gasteiger partial charge is 0.497 e. The van der Waals surface area contributed by atoms with Gasteiger partial charge in [-0.1, -0.05) is 18.2 Å². The molecule has 2 rings (SSSR count). The lowest BCUT2D eigenvalue weighted by Gasteiger charge is -2.07. The molecule has 0 unspecified atom stereocenters. The molecule has 152 valence electrons. The van der Waals surface area contributed by atoms with Gasteiger partial charge in [-0.25, -0.2) is 0 Å². The van der Waals surface area contributed by atoms with E-state index in [0.717, 1.165) is 11.3 Å². The first-order chi connectivity index (χ1) is 14.0. The van der Waals surface area contributed by atoms with E-state index in [-0.39, 0.29) is 11.8 Å². The van der Waals surface area contributed by atoms with E-state index in [1.54, 1.807) is 31.4 Å². The molecule has 0 aliphatic rings. The third kappa shape index (κ3) is 7.88. The SMILES string of the molecule is COc1cccc(/C=C/C(=O)NCCCNC(=O)c2cccc(OC(C)=O)c2)c1. The van der Waals surface area contributed by atoms with Crippen LogP contribution in [0.2, 0.25) is 0 Å². The number of hydrogen-bond acceptors (Lipinski definition) is 5. The average Bonchev–Trinajstić information content (AvgIpc) is 2.71. The van der Waals surface area contributed by atoms with Crippen molar-refractivity contribution in [2.45, 2.75) is 13.3 Å². The molecule has 0 saturated carbocycles. The first-order valence-electron chi connectivity index (χ1n) is 9.14. The molecule has 0 saturated heterocycles. The molecule has 0 aliphatic heterocycles. The maximum atomic E-state index is 12.1. The molecule has 2 aromatic carbocycles. The van der Waals surface area contributed by atoms with Crippen LogP contribution in [0, 0.1) is 0 Å². The van der Waals surface area contributed by atoms with Crippen molar-refractivity contribution in [2.75, 3.05) is 20.2 Å². The minimum absolute atomic E-state index is 0.215. The first-order valence-corrected chi connectivity index (χ1v) is 9.14. The van der Waals surface area contributed by atoms with Gasteiger partial charge in [-0.3, -0.25) is 14.4 Å². The van der Waals surface area contributed by atoms with Crippen LogP contribution in [-0.4, -0.2) is 38.0 Å². The smallest absolute Gasteiger partial charge is 0.308 e. The fourth-order valence-corrected chi connectivity index (χ4v) is 2.45. The molecule has 0 heterocycles. The summed E-state index contributed by atoms with van der Waals surface area (Å²) in [5, 5.41) is 5.52. The minimum Gasteiger partial charge on any atom is -0.497 e. The average molecular weight is 396 g/mol. The monoisotopic (exact) mass is 396 g/mol. The highest BCUT2D eigenvalue weighted by Gasteiger charge is 2.07. The quantitative estimate of drug-likeness (QED) is 0.294. The summed E-state index contributed by atoms with van der Waals surface area (Å²) < 4.78 is 10.1. The van der Waals surface area contributed by atoms with Crippen molar-refractivity contribution >= 4 is 23.9 Å². The van der Waals surface area contributed by atoms with E-state index in [1.165, 1.54) is 19.1 Å². The topological polar surface area (TPSA) is 93.7 Å². The Bertz CT molecular complexity index is 892. The van der Waals surface area contributed by atoms with Crippen LogP contribution in [0.5, 0.6) is 11.5 Å². The molecule has 0 spiro atoms. The maximum Gasteiger partial charge on any atom is 0.308 e. The molecule has 7 heteroatoms. The molecule has 2 amide bonds. The van der Waals surface area contributed by atoms with Crippen LogP contribution in [0.15, 0.2) is 54.6 Å². The van der Waals surface area contributed by atoms with Gasteiger partial charge in [0.2, 0.25) is 5.91 Å². The van der Waals surface area contributed by atoms with Crippen molar-refractivity contribution in [3.05, 3.63) is 65.7 Å². The van der Waals surface area contributed by atoms with E-state index in [1.807, 2.05) is 24.3 Å². The zero-order valence-corrected chi connectivity index (χ0v) is 16.4. The molecule has 2 N–H and O–H groups in total. The molecule has 29 heavy (non-hydrogen) atoms. The van der Waals surface area contributed by atoms with Crippen molar-refractivity contribution in [1.82, 2.24) is 10.6 Å². The summed E-state index contributed by atoms with van der Waals surface area (Å²) in [6.07, 6.45) is 3.73. The molecule has 0 fully saturated rings. The number of ether oxygens (including phenoxy) is 2. The van der Waals surface area contributed by atoms with E-state index in [2.05, 4.69) is 10.6 Å². The molecular formula is C22H24N2O5. The number of esters is 1. The highest BCUT2D eigenvalue weighted by molar-refractivity contribution is 5.94. The number of benzene rings is 2. The lowest BCUT2D eigenvalue weighted by atomic mass is 10.2. The van der Waals surface area contributed by atoms with Crippen molar-refractivity contribution in [2.24, 2.45) is 0 Å². The fraction of sp³-hybridized carbons (Fsp3) is 0.227. The van der Waals surface area contributed by atoms with Gasteiger partial charge >= 0.3 is 5.97 Å². The first kappa shape index (κ1) is 21.7. The lowest BCUT2D eigenvalue weighted by Crippen LogP contribution is -2.29. The van der Waals surface area contributed by atoms with Gasteiger partial charge in [-0.05, 0) is 48.4 Å². The Morgan fingerprint density at radius 3 is 2.45 bits per heavy atom. The van der Waals surface area contributed by atoms with Crippen LogP contribution in [0.3, 0.4) is 0 Å². The number of carbonyl (C=O) groups excluding carboxylic acids is 3. The van der Waals surface area contributed by atoms with Crippen LogP contribution in [0.1, 0.15) is 29.3 Å². The second kappa shape index (κ2) is 11.3. The van der Waals surface area contributed by atoms with Crippen LogP contribution < -0.4 is 20.1 Å². The van der Waals surface area contributed by atoms with Crippen LogP contribution >= 0.6 is 0 Å². The normalized spacial score (nSPS) is 10.4. The van der Waals surface area contributed by atoms with Gasteiger partial charge in [0, 0.05) is 31.7 Å². The van der Waals surface area contributed by atoms with E-state index in [0.29, 0.717) is 30.8 Å². The lowest BCUT2D eigenvalue weighted by molar-refractivity contribution is -0.131. The van der Waals surface area contributed by atoms with Gasteiger partial charge in [0.25, 0.3) is 5.91 Å². The third-order valence-electron chi connectivity index (χ3n) is 3.82. The maximum absolute atomic E-state index is 12.1. The van der Waals surface area contributed by atoms with E-state index in [9.17, 15) is 14.4 Å². The third-order valence-corrected chi connectivity index (χ3v) is 3.82. The number of nitrogens with one attached hydrogen (secondary N) is 2. The van der Waals surface area contributed by atoms with Crippen LogP contribution in [0.25, 0.3) is 6.08 Å². The van der Waals surface area contributed by atoms with Crippen molar-refractivity contribution in [3.8, 4) is 11.5 Å². The number of carbonyl (C=O) groups is 3. The van der Waals surface area contributed by atoms with Gasteiger partial charge in [0.05, 0.1) is 7.11 Å². The molecule has 0 radical (unpaired) electrons.